The van der Waals surface area contributed by atoms with Gasteiger partial charge in [-0.15, -0.1) is 0 Å². The Morgan fingerprint density at radius 2 is 2.10 bits per heavy atom. The van der Waals surface area contributed by atoms with E-state index in [1.807, 2.05) is 24.3 Å². The van der Waals surface area contributed by atoms with Gasteiger partial charge >= 0.3 is 0 Å². The van der Waals surface area contributed by atoms with Crippen molar-refractivity contribution in [2.45, 2.75) is 18.9 Å². The molecule has 5 heteroatoms. The lowest BCUT2D eigenvalue weighted by atomic mass is 10.1. The number of amides is 1. The second-order valence-corrected chi connectivity index (χ2v) is 5.97. The van der Waals surface area contributed by atoms with E-state index in [1.165, 1.54) is 0 Å². The number of nitrogens with zero attached hydrogens (tertiary/aromatic N) is 1. The molecule has 1 aliphatic rings. The van der Waals surface area contributed by atoms with Crippen molar-refractivity contribution in [3.8, 4) is 0 Å². The molecule has 4 nitrogen and oxygen atoms in total. The molecule has 2 N–H and O–H groups in total. The molecule has 0 unspecified atom stereocenters. The molecule has 20 heavy (non-hydrogen) atoms. The van der Waals surface area contributed by atoms with Gasteiger partial charge in [0.05, 0.1) is 11.1 Å². The molecule has 1 fully saturated rings. The Hall–Kier alpha value is -1.46. The van der Waals surface area contributed by atoms with E-state index in [-0.39, 0.29) is 11.9 Å². The largest absolute Gasteiger partial charge is 0.349 e. The molecule has 1 amide bonds. The average molecular weight is 334 g/mol. The number of benzene rings is 1. The summed E-state index contributed by atoms with van der Waals surface area (Å²) in [7, 11) is 0. The summed E-state index contributed by atoms with van der Waals surface area (Å²) in [4.78, 5) is 16.6. The Morgan fingerprint density at radius 3 is 2.90 bits per heavy atom. The number of piperidine rings is 1. The normalized spacial score (nSPS) is 16.2. The van der Waals surface area contributed by atoms with E-state index < -0.39 is 0 Å². The number of carbonyl (C=O) groups is 1. The van der Waals surface area contributed by atoms with Gasteiger partial charge in [0.25, 0.3) is 5.91 Å². The molecular formula is C15H16BrN3O. The van der Waals surface area contributed by atoms with Crippen LogP contribution in [0.3, 0.4) is 0 Å². The van der Waals surface area contributed by atoms with Crippen LogP contribution in [0.2, 0.25) is 0 Å². The predicted octanol–water partition coefficient (Wildman–Crippen LogP) is 2.48. The fraction of sp³-hybridized carbons (Fsp3) is 0.333. The van der Waals surface area contributed by atoms with Gasteiger partial charge in [0.15, 0.2) is 0 Å². The van der Waals surface area contributed by atoms with Crippen molar-refractivity contribution >= 4 is 32.7 Å². The quantitative estimate of drug-likeness (QED) is 0.887. The smallest absolute Gasteiger partial charge is 0.253 e. The van der Waals surface area contributed by atoms with Gasteiger partial charge in [-0.3, -0.25) is 9.78 Å². The molecule has 1 saturated heterocycles. The fourth-order valence-corrected chi connectivity index (χ4v) is 2.84. The number of halogens is 1. The summed E-state index contributed by atoms with van der Waals surface area (Å²) in [6.07, 6.45) is 3.61. The molecule has 1 aromatic carbocycles. The van der Waals surface area contributed by atoms with Crippen molar-refractivity contribution in [3.05, 3.63) is 40.5 Å². The number of hydrogen-bond acceptors (Lipinski definition) is 3. The lowest BCUT2D eigenvalue weighted by Crippen LogP contribution is -2.42. The first-order valence-corrected chi connectivity index (χ1v) is 7.58. The molecule has 0 aliphatic carbocycles. The van der Waals surface area contributed by atoms with Crippen LogP contribution < -0.4 is 10.6 Å². The summed E-state index contributed by atoms with van der Waals surface area (Å²) in [5.74, 6) is -0.0359. The average Bonchev–Trinajstić information content (AvgIpc) is 2.47. The molecule has 1 aromatic heterocycles. The molecule has 0 radical (unpaired) electrons. The molecule has 0 bridgehead atoms. The van der Waals surface area contributed by atoms with Gasteiger partial charge in [-0.2, -0.15) is 0 Å². The molecule has 2 heterocycles. The number of carbonyl (C=O) groups excluding carboxylic acids is 1. The van der Waals surface area contributed by atoms with Gasteiger partial charge in [0, 0.05) is 22.1 Å². The predicted molar refractivity (Wildman–Crippen MR) is 82.8 cm³/mol. The second kappa shape index (κ2) is 5.89. The lowest BCUT2D eigenvalue weighted by Gasteiger charge is -2.23. The maximum absolute atomic E-state index is 12.3. The lowest BCUT2D eigenvalue weighted by molar-refractivity contribution is 0.0929. The van der Waals surface area contributed by atoms with E-state index in [4.69, 9.17) is 0 Å². The zero-order valence-electron chi connectivity index (χ0n) is 11.0. The Morgan fingerprint density at radius 1 is 1.30 bits per heavy atom. The Balaban J connectivity index is 1.80. The van der Waals surface area contributed by atoms with Crippen LogP contribution in [0.5, 0.6) is 0 Å². The standard InChI is InChI=1S/C15H16BrN3O/c16-12-1-2-14-10(8-12)7-11(9-18-14)15(20)19-13-3-5-17-6-4-13/h1-2,7-9,13,17H,3-6H2,(H,19,20). The van der Waals surface area contributed by atoms with Crippen LogP contribution in [-0.2, 0) is 0 Å². The highest BCUT2D eigenvalue weighted by Gasteiger charge is 2.16. The number of fused-ring (bicyclic) bond motifs is 1. The fourth-order valence-electron chi connectivity index (χ4n) is 2.46. The zero-order valence-corrected chi connectivity index (χ0v) is 12.6. The van der Waals surface area contributed by atoms with Gasteiger partial charge in [-0.25, -0.2) is 0 Å². The number of pyridine rings is 1. The Kier molecular flexibility index (Phi) is 3.98. The molecule has 0 spiro atoms. The van der Waals surface area contributed by atoms with Gasteiger partial charge in [0.1, 0.15) is 0 Å². The minimum Gasteiger partial charge on any atom is -0.349 e. The molecule has 0 saturated carbocycles. The summed E-state index contributed by atoms with van der Waals surface area (Å²) in [6, 6.07) is 8.02. The first-order chi connectivity index (χ1) is 9.72. The summed E-state index contributed by atoms with van der Waals surface area (Å²) in [5.41, 5.74) is 1.51. The first-order valence-electron chi connectivity index (χ1n) is 6.79. The third kappa shape index (κ3) is 2.99. The number of rotatable bonds is 2. The minimum atomic E-state index is -0.0359. The van der Waals surface area contributed by atoms with Crippen LogP contribution in [0.25, 0.3) is 10.9 Å². The maximum Gasteiger partial charge on any atom is 0.253 e. The number of hydrogen-bond donors (Lipinski definition) is 2. The third-order valence-electron chi connectivity index (χ3n) is 3.58. The van der Waals surface area contributed by atoms with E-state index in [2.05, 4.69) is 31.5 Å². The second-order valence-electron chi connectivity index (χ2n) is 5.06. The Labute approximate surface area is 126 Å². The molecule has 0 atom stereocenters. The van der Waals surface area contributed by atoms with Crippen LogP contribution in [0.4, 0.5) is 0 Å². The van der Waals surface area contributed by atoms with Crippen LogP contribution in [0, 0.1) is 0 Å². The first kappa shape index (κ1) is 13.5. The van der Waals surface area contributed by atoms with Crippen LogP contribution in [-0.4, -0.2) is 30.0 Å². The van der Waals surface area contributed by atoms with Gasteiger partial charge < -0.3 is 10.6 Å². The van der Waals surface area contributed by atoms with Crippen molar-refractivity contribution in [2.75, 3.05) is 13.1 Å². The van der Waals surface area contributed by atoms with E-state index >= 15 is 0 Å². The number of nitrogens with one attached hydrogen (secondary N) is 2. The van der Waals surface area contributed by atoms with Gasteiger partial charge in [0.2, 0.25) is 0 Å². The Bertz CT molecular complexity index is 638. The van der Waals surface area contributed by atoms with Crippen molar-refractivity contribution in [1.29, 1.82) is 0 Å². The summed E-state index contributed by atoms with van der Waals surface area (Å²) in [5, 5.41) is 7.34. The molecular weight excluding hydrogens is 318 g/mol. The topological polar surface area (TPSA) is 54.0 Å². The van der Waals surface area contributed by atoms with Crippen molar-refractivity contribution in [2.24, 2.45) is 0 Å². The van der Waals surface area contributed by atoms with E-state index in [9.17, 15) is 4.79 Å². The van der Waals surface area contributed by atoms with E-state index in [1.54, 1.807) is 6.20 Å². The summed E-state index contributed by atoms with van der Waals surface area (Å²) < 4.78 is 0.989. The highest BCUT2D eigenvalue weighted by atomic mass is 79.9. The van der Waals surface area contributed by atoms with Crippen molar-refractivity contribution < 1.29 is 4.79 Å². The molecule has 1 aliphatic heterocycles. The van der Waals surface area contributed by atoms with Crippen molar-refractivity contribution in [1.82, 2.24) is 15.6 Å². The SMILES string of the molecule is O=C(NC1CCNCC1)c1cnc2ccc(Br)cc2c1. The van der Waals surface area contributed by atoms with Gasteiger partial charge in [-0.05, 0) is 50.2 Å². The maximum atomic E-state index is 12.3. The summed E-state index contributed by atoms with van der Waals surface area (Å²) in [6.45, 7) is 1.93. The summed E-state index contributed by atoms with van der Waals surface area (Å²) >= 11 is 3.44. The third-order valence-corrected chi connectivity index (χ3v) is 4.07. The van der Waals surface area contributed by atoms with Crippen LogP contribution in [0.15, 0.2) is 34.9 Å². The molecule has 2 aromatic rings. The highest BCUT2D eigenvalue weighted by molar-refractivity contribution is 9.10. The van der Waals surface area contributed by atoms with E-state index in [0.29, 0.717) is 5.56 Å². The minimum absolute atomic E-state index is 0.0359. The monoisotopic (exact) mass is 333 g/mol. The van der Waals surface area contributed by atoms with Crippen molar-refractivity contribution in [3.63, 3.8) is 0 Å². The van der Waals surface area contributed by atoms with E-state index in [0.717, 1.165) is 41.3 Å². The molecule has 3 rings (SSSR count). The number of aromatic nitrogens is 1. The van der Waals surface area contributed by atoms with Crippen LogP contribution >= 0.6 is 15.9 Å². The molecule has 104 valence electrons. The van der Waals surface area contributed by atoms with Crippen LogP contribution in [0.1, 0.15) is 23.2 Å². The zero-order chi connectivity index (χ0) is 13.9. The highest BCUT2D eigenvalue weighted by Crippen LogP contribution is 2.19. The van der Waals surface area contributed by atoms with Gasteiger partial charge in [-0.1, -0.05) is 15.9 Å².